The van der Waals surface area contributed by atoms with Gasteiger partial charge in [-0.2, -0.15) is 0 Å². The van der Waals surface area contributed by atoms with E-state index in [2.05, 4.69) is 26.2 Å². The van der Waals surface area contributed by atoms with E-state index in [0.29, 0.717) is 41.4 Å². The van der Waals surface area contributed by atoms with E-state index in [0.717, 1.165) is 27.0 Å². The van der Waals surface area contributed by atoms with Crippen LogP contribution in [0.25, 0.3) is 6.08 Å². The van der Waals surface area contributed by atoms with Crippen molar-refractivity contribution in [2.24, 2.45) is 4.99 Å². The molecule has 0 unspecified atom stereocenters. The number of benzene rings is 3. The summed E-state index contributed by atoms with van der Waals surface area (Å²) in [6.07, 6.45) is 1.81. The Hall–Kier alpha value is -3.23. The molecule has 0 atom stereocenters. The van der Waals surface area contributed by atoms with Gasteiger partial charge in [0.15, 0.2) is 16.7 Å². The van der Waals surface area contributed by atoms with Gasteiger partial charge in [0.1, 0.15) is 12.4 Å². The summed E-state index contributed by atoms with van der Waals surface area (Å²) in [5, 5.41) is 3.35. The Balaban J connectivity index is 1.52. The van der Waals surface area contributed by atoms with Crippen molar-refractivity contribution in [2.75, 3.05) is 13.2 Å². The smallest absolute Gasteiger partial charge is 0.264 e. The van der Waals surface area contributed by atoms with Crippen molar-refractivity contribution in [3.8, 4) is 17.2 Å². The van der Waals surface area contributed by atoms with Crippen molar-refractivity contribution < 1.29 is 19.0 Å². The van der Waals surface area contributed by atoms with E-state index in [1.54, 1.807) is 0 Å². The lowest BCUT2D eigenvalue weighted by molar-refractivity contribution is -0.115. The molecular formula is C27H25BrN2O4S. The minimum absolute atomic E-state index is 0.196. The highest BCUT2D eigenvalue weighted by atomic mass is 79.9. The molecule has 1 aliphatic rings. The second kappa shape index (κ2) is 12.0. The fourth-order valence-corrected chi connectivity index (χ4v) is 4.75. The fraction of sp³-hybridized carbons (Fsp3) is 0.185. The van der Waals surface area contributed by atoms with Gasteiger partial charge in [0.05, 0.1) is 28.3 Å². The van der Waals surface area contributed by atoms with Gasteiger partial charge in [-0.3, -0.25) is 4.79 Å². The molecule has 1 aliphatic heterocycles. The third-order valence-corrected chi connectivity index (χ3v) is 6.38. The van der Waals surface area contributed by atoms with Gasteiger partial charge >= 0.3 is 0 Å². The molecule has 3 aromatic carbocycles. The summed E-state index contributed by atoms with van der Waals surface area (Å²) in [7, 11) is 0. The van der Waals surface area contributed by atoms with Gasteiger partial charge in [0.25, 0.3) is 5.91 Å². The molecule has 1 amide bonds. The highest BCUT2D eigenvalue weighted by Gasteiger charge is 2.24. The monoisotopic (exact) mass is 552 g/mol. The third-order valence-electron chi connectivity index (χ3n) is 4.88. The van der Waals surface area contributed by atoms with Crippen LogP contribution in [0.4, 0.5) is 5.69 Å². The number of thioether (sulfide) groups is 1. The van der Waals surface area contributed by atoms with Crippen LogP contribution in [0.3, 0.4) is 0 Å². The largest absolute Gasteiger partial charge is 0.494 e. The van der Waals surface area contributed by atoms with Crippen LogP contribution in [-0.2, 0) is 11.4 Å². The van der Waals surface area contributed by atoms with Gasteiger partial charge in [0, 0.05) is 0 Å². The summed E-state index contributed by atoms with van der Waals surface area (Å²) in [6.45, 7) is 5.37. The summed E-state index contributed by atoms with van der Waals surface area (Å²) < 4.78 is 18.1. The molecule has 0 aromatic heterocycles. The van der Waals surface area contributed by atoms with E-state index >= 15 is 0 Å². The number of hydrogen-bond donors (Lipinski definition) is 1. The Morgan fingerprint density at radius 3 is 2.43 bits per heavy atom. The Kier molecular flexibility index (Phi) is 8.50. The quantitative estimate of drug-likeness (QED) is 0.298. The van der Waals surface area contributed by atoms with Crippen molar-refractivity contribution in [3.63, 3.8) is 0 Å². The van der Waals surface area contributed by atoms with Crippen molar-refractivity contribution in [1.82, 2.24) is 5.32 Å². The summed E-state index contributed by atoms with van der Waals surface area (Å²) >= 11 is 4.90. The average Bonchev–Trinajstić information content (AvgIpc) is 3.19. The van der Waals surface area contributed by atoms with Crippen LogP contribution in [0.15, 0.2) is 81.1 Å². The highest BCUT2D eigenvalue weighted by Crippen LogP contribution is 2.39. The van der Waals surface area contributed by atoms with E-state index in [-0.39, 0.29) is 5.91 Å². The zero-order valence-corrected chi connectivity index (χ0v) is 21.8. The molecule has 180 valence electrons. The first-order valence-electron chi connectivity index (χ1n) is 11.2. The van der Waals surface area contributed by atoms with Gasteiger partial charge in [-0.05, 0) is 95.1 Å². The lowest BCUT2D eigenvalue weighted by Gasteiger charge is -2.15. The Morgan fingerprint density at radius 1 is 0.971 bits per heavy atom. The standard InChI is InChI=1S/C27H25BrN2O4S/c1-3-32-21-12-10-20(11-13-21)29-27-30-26(31)24(35-27)16-19-14-22(28)25(23(15-19)33-4-2)34-17-18-8-6-5-7-9-18/h5-16H,3-4,17H2,1-2H3,(H,29,30,31). The molecule has 3 aromatic rings. The second-order valence-corrected chi connectivity index (χ2v) is 9.33. The molecular weight excluding hydrogens is 528 g/mol. The number of carbonyl (C=O) groups is 1. The summed E-state index contributed by atoms with van der Waals surface area (Å²) in [5.41, 5.74) is 2.61. The molecule has 6 nitrogen and oxygen atoms in total. The first-order chi connectivity index (χ1) is 17.1. The molecule has 0 radical (unpaired) electrons. The zero-order valence-electron chi connectivity index (χ0n) is 19.4. The number of ether oxygens (including phenoxy) is 3. The number of nitrogens with one attached hydrogen (secondary N) is 1. The van der Waals surface area contributed by atoms with Gasteiger partial charge in [-0.25, -0.2) is 4.99 Å². The number of aliphatic imine (C=N–C) groups is 1. The van der Waals surface area contributed by atoms with Crippen molar-refractivity contribution in [3.05, 3.63) is 87.2 Å². The Labute approximate surface area is 217 Å². The number of amidine groups is 1. The zero-order chi connectivity index (χ0) is 24.6. The fourth-order valence-electron chi connectivity index (χ4n) is 3.34. The second-order valence-electron chi connectivity index (χ2n) is 7.45. The SMILES string of the molecule is CCOc1ccc(N=C2NC(=O)C(=Cc3cc(Br)c(OCc4ccccc4)c(OCC)c3)S2)cc1. The van der Waals surface area contributed by atoms with Crippen LogP contribution in [0.2, 0.25) is 0 Å². The normalized spacial score (nSPS) is 15.3. The average molecular weight is 553 g/mol. The van der Waals surface area contributed by atoms with Crippen molar-refractivity contribution in [2.45, 2.75) is 20.5 Å². The molecule has 0 spiro atoms. The number of amides is 1. The van der Waals surface area contributed by atoms with Gasteiger partial charge in [0.2, 0.25) is 0 Å². The number of carbonyl (C=O) groups excluding carboxylic acids is 1. The minimum atomic E-state index is -0.196. The maximum Gasteiger partial charge on any atom is 0.264 e. The summed E-state index contributed by atoms with van der Waals surface area (Å²) in [5.74, 6) is 1.82. The van der Waals surface area contributed by atoms with E-state index in [1.165, 1.54) is 11.8 Å². The maximum absolute atomic E-state index is 12.6. The van der Waals surface area contributed by atoms with Gasteiger partial charge < -0.3 is 19.5 Å². The first kappa shape index (κ1) is 24.9. The van der Waals surface area contributed by atoms with Crippen LogP contribution in [0.5, 0.6) is 17.2 Å². The third kappa shape index (κ3) is 6.68. The summed E-state index contributed by atoms with van der Waals surface area (Å²) in [6, 6.07) is 21.1. The molecule has 1 heterocycles. The van der Waals surface area contributed by atoms with Crippen LogP contribution in [0, 0.1) is 0 Å². The molecule has 35 heavy (non-hydrogen) atoms. The number of nitrogens with zero attached hydrogens (tertiary/aromatic N) is 1. The Bertz CT molecular complexity index is 1240. The van der Waals surface area contributed by atoms with Gasteiger partial charge in [-0.1, -0.05) is 30.3 Å². The number of rotatable bonds is 9. The summed E-state index contributed by atoms with van der Waals surface area (Å²) in [4.78, 5) is 17.6. The van der Waals surface area contributed by atoms with E-state index < -0.39 is 0 Å². The molecule has 0 saturated carbocycles. The number of halogens is 1. The molecule has 0 bridgehead atoms. The topological polar surface area (TPSA) is 69.2 Å². The van der Waals surface area contributed by atoms with Crippen LogP contribution >= 0.6 is 27.7 Å². The maximum atomic E-state index is 12.6. The first-order valence-corrected chi connectivity index (χ1v) is 12.8. The van der Waals surface area contributed by atoms with Crippen LogP contribution in [-0.4, -0.2) is 24.3 Å². The lowest BCUT2D eigenvalue weighted by Crippen LogP contribution is -2.19. The van der Waals surface area contributed by atoms with Crippen LogP contribution in [0.1, 0.15) is 25.0 Å². The van der Waals surface area contributed by atoms with Gasteiger partial charge in [-0.15, -0.1) is 0 Å². The predicted molar refractivity (Wildman–Crippen MR) is 145 cm³/mol. The molecule has 0 aliphatic carbocycles. The van der Waals surface area contributed by atoms with E-state index in [9.17, 15) is 4.79 Å². The number of hydrogen-bond acceptors (Lipinski definition) is 6. The minimum Gasteiger partial charge on any atom is -0.494 e. The molecule has 1 N–H and O–H groups in total. The van der Waals surface area contributed by atoms with E-state index in [4.69, 9.17) is 14.2 Å². The molecule has 1 saturated heterocycles. The molecule has 4 rings (SSSR count). The Morgan fingerprint density at radius 2 is 1.71 bits per heavy atom. The van der Waals surface area contributed by atoms with Crippen molar-refractivity contribution in [1.29, 1.82) is 0 Å². The highest BCUT2D eigenvalue weighted by molar-refractivity contribution is 9.10. The van der Waals surface area contributed by atoms with E-state index in [1.807, 2.05) is 86.7 Å². The lowest BCUT2D eigenvalue weighted by atomic mass is 10.1. The van der Waals surface area contributed by atoms with Crippen LogP contribution < -0.4 is 19.5 Å². The molecule has 8 heteroatoms. The predicted octanol–water partition coefficient (Wildman–Crippen LogP) is 6.72. The van der Waals surface area contributed by atoms with Crippen molar-refractivity contribution >= 4 is 50.5 Å². The molecule has 1 fully saturated rings.